The molecule has 3 aromatic rings. The van der Waals surface area contributed by atoms with Gasteiger partial charge in [-0.25, -0.2) is 13.5 Å². The smallest absolute Gasteiger partial charge is 0.163 e. The minimum absolute atomic E-state index is 0.183. The van der Waals surface area contributed by atoms with Gasteiger partial charge >= 0.3 is 0 Å². The van der Waals surface area contributed by atoms with Gasteiger partial charge in [-0.15, -0.1) is 5.10 Å². The molecular formula is C14H11F2N5. The predicted octanol–water partition coefficient (Wildman–Crippen LogP) is 2.55. The molecule has 0 radical (unpaired) electrons. The molecule has 2 aromatic carbocycles. The van der Waals surface area contributed by atoms with Crippen LogP contribution in [-0.2, 0) is 6.54 Å². The zero-order valence-electron chi connectivity index (χ0n) is 10.9. The summed E-state index contributed by atoms with van der Waals surface area (Å²) in [4.78, 5) is 0. The molecule has 1 N–H and O–H groups in total. The molecule has 0 aliphatic rings. The van der Waals surface area contributed by atoms with Crippen LogP contribution in [0.2, 0.25) is 0 Å². The number of anilines is 1. The van der Waals surface area contributed by atoms with Gasteiger partial charge in [-0.2, -0.15) is 0 Å². The van der Waals surface area contributed by atoms with E-state index in [1.807, 2.05) is 24.3 Å². The first kappa shape index (κ1) is 13.2. The highest BCUT2D eigenvalue weighted by Gasteiger charge is 2.07. The molecule has 0 fully saturated rings. The Morgan fingerprint density at radius 2 is 1.95 bits per heavy atom. The van der Waals surface area contributed by atoms with Gasteiger partial charge in [0.1, 0.15) is 6.33 Å². The third-order valence-corrected chi connectivity index (χ3v) is 2.97. The number of hydrogen-bond acceptors (Lipinski definition) is 4. The first-order chi connectivity index (χ1) is 10.2. The lowest BCUT2D eigenvalue weighted by Gasteiger charge is -2.09. The summed E-state index contributed by atoms with van der Waals surface area (Å²) in [5, 5.41) is 14.0. The average molecular weight is 287 g/mol. The number of nitrogens with zero attached hydrogens (tertiary/aromatic N) is 4. The fourth-order valence-corrected chi connectivity index (χ4v) is 1.92. The van der Waals surface area contributed by atoms with Gasteiger partial charge in [0, 0.05) is 17.8 Å². The standard InChI is InChI=1S/C14H11F2N5/c15-13-6-1-3-10(14(13)16)8-17-11-4-2-5-12(7-11)21-9-18-19-20-21/h1-7,9,17H,8H2. The van der Waals surface area contributed by atoms with E-state index in [9.17, 15) is 8.78 Å². The maximum Gasteiger partial charge on any atom is 0.163 e. The maximum absolute atomic E-state index is 13.6. The number of hydrogen-bond donors (Lipinski definition) is 1. The summed E-state index contributed by atoms with van der Waals surface area (Å²) in [6, 6.07) is 11.4. The van der Waals surface area contributed by atoms with E-state index < -0.39 is 11.6 Å². The van der Waals surface area contributed by atoms with Gasteiger partial charge < -0.3 is 5.32 Å². The molecule has 21 heavy (non-hydrogen) atoms. The van der Waals surface area contributed by atoms with Crippen molar-refractivity contribution in [2.75, 3.05) is 5.32 Å². The zero-order chi connectivity index (χ0) is 14.7. The van der Waals surface area contributed by atoms with Crippen molar-refractivity contribution in [2.24, 2.45) is 0 Å². The zero-order valence-corrected chi connectivity index (χ0v) is 10.9. The fourth-order valence-electron chi connectivity index (χ4n) is 1.92. The van der Waals surface area contributed by atoms with Crippen molar-refractivity contribution in [1.82, 2.24) is 20.2 Å². The number of rotatable bonds is 4. The molecule has 0 unspecified atom stereocenters. The molecule has 5 nitrogen and oxygen atoms in total. The van der Waals surface area contributed by atoms with Crippen LogP contribution in [0, 0.1) is 11.6 Å². The molecule has 3 rings (SSSR count). The minimum atomic E-state index is -0.850. The third kappa shape index (κ3) is 2.86. The summed E-state index contributed by atoms with van der Waals surface area (Å²) in [7, 11) is 0. The Balaban J connectivity index is 1.77. The van der Waals surface area contributed by atoms with Gasteiger partial charge in [0.25, 0.3) is 0 Å². The van der Waals surface area contributed by atoms with E-state index >= 15 is 0 Å². The molecule has 0 bridgehead atoms. The van der Waals surface area contributed by atoms with Crippen LogP contribution in [0.15, 0.2) is 48.8 Å². The second-order valence-corrected chi connectivity index (χ2v) is 4.37. The number of aromatic nitrogens is 4. The van der Waals surface area contributed by atoms with E-state index in [1.54, 1.807) is 0 Å². The van der Waals surface area contributed by atoms with Crippen molar-refractivity contribution >= 4 is 5.69 Å². The lowest BCUT2D eigenvalue weighted by molar-refractivity contribution is 0.500. The van der Waals surface area contributed by atoms with Crippen LogP contribution in [-0.4, -0.2) is 20.2 Å². The van der Waals surface area contributed by atoms with E-state index in [0.717, 1.165) is 17.4 Å². The molecule has 0 spiro atoms. The van der Waals surface area contributed by atoms with E-state index in [-0.39, 0.29) is 12.1 Å². The normalized spacial score (nSPS) is 10.6. The Morgan fingerprint density at radius 1 is 1.10 bits per heavy atom. The van der Waals surface area contributed by atoms with Crippen LogP contribution in [0.25, 0.3) is 5.69 Å². The van der Waals surface area contributed by atoms with E-state index in [1.165, 1.54) is 23.1 Å². The molecule has 1 heterocycles. The molecule has 0 amide bonds. The Hall–Kier alpha value is -2.83. The Bertz CT molecular complexity index is 743. The second kappa shape index (κ2) is 5.66. The monoisotopic (exact) mass is 287 g/mol. The summed E-state index contributed by atoms with van der Waals surface area (Å²) in [6.45, 7) is 0.183. The molecule has 0 aliphatic heterocycles. The third-order valence-electron chi connectivity index (χ3n) is 2.97. The summed E-state index contributed by atoms with van der Waals surface area (Å²) in [6.07, 6.45) is 1.48. The maximum atomic E-state index is 13.6. The molecule has 7 heteroatoms. The van der Waals surface area contributed by atoms with Crippen LogP contribution in [0.4, 0.5) is 14.5 Å². The largest absolute Gasteiger partial charge is 0.381 e. The average Bonchev–Trinajstić information content (AvgIpc) is 3.03. The molecule has 0 saturated carbocycles. The van der Waals surface area contributed by atoms with Gasteiger partial charge in [0.05, 0.1) is 5.69 Å². The Kier molecular flexibility index (Phi) is 3.55. The summed E-state index contributed by atoms with van der Waals surface area (Å²) in [5.41, 5.74) is 1.79. The molecule has 0 atom stereocenters. The van der Waals surface area contributed by atoms with Gasteiger partial charge in [-0.3, -0.25) is 0 Å². The highest BCUT2D eigenvalue weighted by molar-refractivity contribution is 5.51. The summed E-state index contributed by atoms with van der Waals surface area (Å²) in [5.74, 6) is -1.68. The molecular weight excluding hydrogens is 276 g/mol. The van der Waals surface area contributed by atoms with Crippen molar-refractivity contribution in [3.8, 4) is 5.69 Å². The van der Waals surface area contributed by atoms with Gasteiger partial charge in [0.2, 0.25) is 0 Å². The van der Waals surface area contributed by atoms with Gasteiger partial charge in [-0.05, 0) is 34.7 Å². The highest BCUT2D eigenvalue weighted by atomic mass is 19.2. The van der Waals surface area contributed by atoms with Crippen LogP contribution >= 0.6 is 0 Å². The molecule has 106 valence electrons. The van der Waals surface area contributed by atoms with Crippen LogP contribution in [0.3, 0.4) is 0 Å². The lowest BCUT2D eigenvalue weighted by atomic mass is 10.2. The molecule has 0 aliphatic carbocycles. The fraction of sp³-hybridized carbons (Fsp3) is 0.0714. The van der Waals surface area contributed by atoms with Crippen molar-refractivity contribution in [3.63, 3.8) is 0 Å². The Morgan fingerprint density at radius 3 is 2.76 bits per heavy atom. The molecule has 1 aromatic heterocycles. The highest BCUT2D eigenvalue weighted by Crippen LogP contribution is 2.16. The van der Waals surface area contributed by atoms with E-state index in [0.29, 0.717) is 0 Å². The van der Waals surface area contributed by atoms with Gasteiger partial charge in [0.15, 0.2) is 11.6 Å². The number of halogens is 2. The first-order valence-corrected chi connectivity index (χ1v) is 6.24. The number of nitrogens with one attached hydrogen (secondary N) is 1. The SMILES string of the molecule is Fc1cccc(CNc2cccc(-n3cnnn3)c2)c1F. The summed E-state index contributed by atoms with van der Waals surface area (Å²) < 4.78 is 28.2. The Labute approximate surface area is 119 Å². The van der Waals surface area contributed by atoms with Gasteiger partial charge in [-0.1, -0.05) is 18.2 Å². The number of benzene rings is 2. The van der Waals surface area contributed by atoms with Crippen LogP contribution in [0.1, 0.15) is 5.56 Å². The van der Waals surface area contributed by atoms with Crippen LogP contribution < -0.4 is 5.32 Å². The van der Waals surface area contributed by atoms with E-state index in [2.05, 4.69) is 20.8 Å². The van der Waals surface area contributed by atoms with Crippen molar-refractivity contribution in [2.45, 2.75) is 6.54 Å². The lowest BCUT2D eigenvalue weighted by Crippen LogP contribution is -2.04. The van der Waals surface area contributed by atoms with Crippen molar-refractivity contribution in [1.29, 1.82) is 0 Å². The van der Waals surface area contributed by atoms with Crippen molar-refractivity contribution < 1.29 is 8.78 Å². The minimum Gasteiger partial charge on any atom is -0.381 e. The molecule has 0 saturated heterocycles. The first-order valence-electron chi connectivity index (χ1n) is 6.24. The van der Waals surface area contributed by atoms with Crippen LogP contribution in [0.5, 0.6) is 0 Å². The predicted molar refractivity (Wildman–Crippen MR) is 72.8 cm³/mol. The van der Waals surface area contributed by atoms with E-state index in [4.69, 9.17) is 0 Å². The quantitative estimate of drug-likeness (QED) is 0.801. The second-order valence-electron chi connectivity index (χ2n) is 4.37. The topological polar surface area (TPSA) is 55.6 Å². The summed E-state index contributed by atoms with van der Waals surface area (Å²) >= 11 is 0. The van der Waals surface area contributed by atoms with Crippen molar-refractivity contribution in [3.05, 3.63) is 66.0 Å². The number of tetrazole rings is 1.